The minimum Gasteiger partial charge on any atom is -0.282 e. The van der Waals surface area contributed by atoms with E-state index in [1.165, 1.54) is 6.20 Å². The van der Waals surface area contributed by atoms with E-state index in [0.717, 1.165) is 47.3 Å². The van der Waals surface area contributed by atoms with Gasteiger partial charge in [-0.3, -0.25) is 14.7 Å². The summed E-state index contributed by atoms with van der Waals surface area (Å²) in [5.41, 5.74) is 4.91. The summed E-state index contributed by atoms with van der Waals surface area (Å²) in [5.74, 6) is 0. The average Bonchev–Trinajstić information content (AvgIpc) is 3.04. The van der Waals surface area contributed by atoms with Crippen molar-refractivity contribution in [3.63, 3.8) is 0 Å². The molecule has 3 heterocycles. The summed E-state index contributed by atoms with van der Waals surface area (Å²) in [6, 6.07) is 5.70. The zero-order valence-corrected chi connectivity index (χ0v) is 15.8. The normalized spacial score (nSPS) is 11.5. The van der Waals surface area contributed by atoms with Gasteiger partial charge >= 0.3 is 0 Å². The van der Waals surface area contributed by atoms with E-state index in [-0.39, 0.29) is 0 Å². The molecule has 7 nitrogen and oxygen atoms in total. The van der Waals surface area contributed by atoms with Crippen molar-refractivity contribution in [1.29, 1.82) is 0 Å². The summed E-state index contributed by atoms with van der Waals surface area (Å²) in [4.78, 5) is 8.76. The number of pyridine rings is 2. The molecule has 0 atom stereocenters. The van der Waals surface area contributed by atoms with E-state index < -0.39 is 10.0 Å². The van der Waals surface area contributed by atoms with E-state index >= 15 is 0 Å². The fourth-order valence-electron chi connectivity index (χ4n) is 2.73. The Bertz CT molecular complexity index is 1030. The van der Waals surface area contributed by atoms with E-state index in [1.54, 1.807) is 23.1 Å². The quantitative estimate of drug-likeness (QED) is 0.719. The molecule has 0 aliphatic rings. The van der Waals surface area contributed by atoms with Gasteiger partial charge in [0.25, 0.3) is 0 Å². The van der Waals surface area contributed by atoms with Crippen LogP contribution in [0.1, 0.15) is 24.6 Å². The molecule has 26 heavy (non-hydrogen) atoms. The van der Waals surface area contributed by atoms with Gasteiger partial charge < -0.3 is 0 Å². The largest absolute Gasteiger partial charge is 0.282 e. The third-order valence-corrected chi connectivity index (χ3v) is 4.41. The zero-order chi connectivity index (χ0) is 18.7. The molecule has 3 rings (SSSR count). The molecule has 8 heteroatoms. The molecule has 0 fully saturated rings. The number of hydrogen-bond donors (Lipinski definition) is 1. The third-order valence-electron chi connectivity index (χ3n) is 3.81. The van der Waals surface area contributed by atoms with Crippen molar-refractivity contribution in [2.45, 2.75) is 26.7 Å². The van der Waals surface area contributed by atoms with Crippen LogP contribution in [0.5, 0.6) is 0 Å². The van der Waals surface area contributed by atoms with Gasteiger partial charge in [-0.1, -0.05) is 13.3 Å². The Kier molecular flexibility index (Phi) is 5.03. The molecule has 0 saturated heterocycles. The van der Waals surface area contributed by atoms with Crippen LogP contribution in [0.2, 0.25) is 0 Å². The zero-order valence-electron chi connectivity index (χ0n) is 15.0. The predicted octanol–water partition coefficient (Wildman–Crippen LogP) is 2.96. The summed E-state index contributed by atoms with van der Waals surface area (Å²) < 4.78 is 26.9. The summed E-state index contributed by atoms with van der Waals surface area (Å²) in [6.07, 6.45) is 10.0. The van der Waals surface area contributed by atoms with Crippen LogP contribution in [0.4, 0.5) is 5.69 Å². The van der Waals surface area contributed by atoms with Gasteiger partial charge in [0.05, 0.1) is 35.7 Å². The summed E-state index contributed by atoms with van der Waals surface area (Å²) in [6.45, 7) is 4.01. The molecule has 0 aromatic carbocycles. The maximum absolute atomic E-state index is 11.3. The SMILES string of the molecule is CCCc1cc(-n2cc(-c3ncc(NS(C)(=O)=O)cc3C)cn2)ccn1. The highest BCUT2D eigenvalue weighted by atomic mass is 32.2. The third kappa shape index (κ3) is 4.26. The molecule has 0 radical (unpaired) electrons. The smallest absolute Gasteiger partial charge is 0.229 e. The van der Waals surface area contributed by atoms with Crippen molar-refractivity contribution >= 4 is 15.7 Å². The second kappa shape index (κ2) is 7.25. The first kappa shape index (κ1) is 18.1. The van der Waals surface area contributed by atoms with Crippen LogP contribution in [0.3, 0.4) is 0 Å². The van der Waals surface area contributed by atoms with Gasteiger partial charge in [-0.05, 0) is 37.1 Å². The molecular formula is C18H21N5O2S. The highest BCUT2D eigenvalue weighted by Crippen LogP contribution is 2.24. The molecule has 136 valence electrons. The Labute approximate surface area is 153 Å². The van der Waals surface area contributed by atoms with Gasteiger partial charge in [0, 0.05) is 23.7 Å². The summed E-state index contributed by atoms with van der Waals surface area (Å²) in [7, 11) is -3.32. The lowest BCUT2D eigenvalue weighted by molar-refractivity contribution is 0.607. The van der Waals surface area contributed by atoms with Crippen molar-refractivity contribution in [2.24, 2.45) is 0 Å². The van der Waals surface area contributed by atoms with Crippen LogP contribution >= 0.6 is 0 Å². The Balaban J connectivity index is 1.89. The molecular weight excluding hydrogens is 350 g/mol. The van der Waals surface area contributed by atoms with Crippen LogP contribution in [0, 0.1) is 6.92 Å². The number of rotatable bonds is 6. The second-order valence-corrected chi connectivity index (χ2v) is 7.94. The van der Waals surface area contributed by atoms with Crippen LogP contribution in [-0.2, 0) is 16.4 Å². The predicted molar refractivity (Wildman–Crippen MR) is 102 cm³/mol. The van der Waals surface area contributed by atoms with Crippen molar-refractivity contribution in [1.82, 2.24) is 19.7 Å². The van der Waals surface area contributed by atoms with Gasteiger partial charge in [-0.25, -0.2) is 13.1 Å². The van der Waals surface area contributed by atoms with E-state index in [1.807, 2.05) is 25.3 Å². The highest BCUT2D eigenvalue weighted by Gasteiger charge is 2.10. The number of hydrogen-bond acceptors (Lipinski definition) is 5. The van der Waals surface area contributed by atoms with Crippen LogP contribution < -0.4 is 4.72 Å². The molecule has 0 saturated carbocycles. The number of aryl methyl sites for hydroxylation is 2. The summed E-state index contributed by atoms with van der Waals surface area (Å²) in [5, 5.41) is 4.42. The maximum Gasteiger partial charge on any atom is 0.229 e. The van der Waals surface area contributed by atoms with Crippen molar-refractivity contribution in [2.75, 3.05) is 11.0 Å². The number of aromatic nitrogens is 4. The second-order valence-electron chi connectivity index (χ2n) is 6.19. The maximum atomic E-state index is 11.3. The van der Waals surface area contributed by atoms with E-state index in [4.69, 9.17) is 0 Å². The van der Waals surface area contributed by atoms with E-state index in [0.29, 0.717) is 5.69 Å². The minimum atomic E-state index is -3.32. The first-order chi connectivity index (χ1) is 12.4. The average molecular weight is 371 g/mol. The fourth-order valence-corrected chi connectivity index (χ4v) is 3.27. The molecule has 0 spiro atoms. The first-order valence-corrected chi connectivity index (χ1v) is 10.2. The minimum absolute atomic E-state index is 0.444. The van der Waals surface area contributed by atoms with E-state index in [9.17, 15) is 8.42 Å². The first-order valence-electron chi connectivity index (χ1n) is 8.30. The number of anilines is 1. The van der Waals surface area contributed by atoms with Crippen molar-refractivity contribution in [3.05, 3.63) is 54.2 Å². The molecule has 3 aromatic heterocycles. The van der Waals surface area contributed by atoms with Crippen LogP contribution in [0.25, 0.3) is 16.9 Å². The Morgan fingerprint density at radius 2 is 2.00 bits per heavy atom. The topological polar surface area (TPSA) is 89.8 Å². The molecule has 0 aliphatic carbocycles. The van der Waals surface area contributed by atoms with Crippen molar-refractivity contribution < 1.29 is 8.42 Å². The standard InChI is InChI=1S/C18H21N5O2S/c1-4-5-15-9-17(6-7-19-15)23-12-14(10-21-23)18-13(2)8-16(11-20-18)22-26(3,24)25/h6-12,22H,4-5H2,1-3H3. The van der Waals surface area contributed by atoms with Gasteiger partial charge in [0.15, 0.2) is 0 Å². The van der Waals surface area contributed by atoms with E-state index in [2.05, 4.69) is 26.7 Å². The van der Waals surface area contributed by atoms with Gasteiger partial charge in [-0.15, -0.1) is 0 Å². The van der Waals surface area contributed by atoms with Gasteiger partial charge in [-0.2, -0.15) is 5.10 Å². The molecule has 3 aromatic rings. The Morgan fingerprint density at radius 1 is 1.19 bits per heavy atom. The lowest BCUT2D eigenvalue weighted by Crippen LogP contribution is -2.10. The van der Waals surface area contributed by atoms with Gasteiger partial charge in [0.2, 0.25) is 10.0 Å². The molecule has 0 bridgehead atoms. The molecule has 0 unspecified atom stereocenters. The van der Waals surface area contributed by atoms with Crippen LogP contribution in [-0.4, -0.2) is 34.4 Å². The highest BCUT2D eigenvalue weighted by molar-refractivity contribution is 7.92. The van der Waals surface area contributed by atoms with Crippen LogP contribution in [0.15, 0.2) is 43.0 Å². The lowest BCUT2D eigenvalue weighted by atomic mass is 10.1. The Morgan fingerprint density at radius 3 is 2.69 bits per heavy atom. The fraction of sp³-hybridized carbons (Fsp3) is 0.278. The monoisotopic (exact) mass is 371 g/mol. The Hall–Kier alpha value is -2.74. The van der Waals surface area contributed by atoms with Gasteiger partial charge in [0.1, 0.15) is 0 Å². The number of sulfonamides is 1. The molecule has 0 amide bonds. The summed E-state index contributed by atoms with van der Waals surface area (Å²) >= 11 is 0. The lowest BCUT2D eigenvalue weighted by Gasteiger charge is -2.07. The number of nitrogens with zero attached hydrogens (tertiary/aromatic N) is 4. The number of nitrogens with one attached hydrogen (secondary N) is 1. The molecule has 1 N–H and O–H groups in total. The van der Waals surface area contributed by atoms with Crippen molar-refractivity contribution in [3.8, 4) is 16.9 Å². The molecule has 0 aliphatic heterocycles.